The smallest absolute Gasteiger partial charge is 0.00302 e. The third-order valence-electron chi connectivity index (χ3n) is 3.67. The molecule has 4 rings (SSSR count). The molecular formula is C22H32. The van der Waals surface area contributed by atoms with Crippen LogP contribution < -0.4 is 5.22 Å². The highest BCUT2D eigenvalue weighted by Gasteiger charge is 2.09. The first-order valence-corrected chi connectivity index (χ1v) is 7.87. The molecule has 0 nitrogen and oxygen atoms in total. The van der Waals surface area contributed by atoms with Crippen LogP contribution in [0.1, 0.15) is 54.5 Å². The summed E-state index contributed by atoms with van der Waals surface area (Å²) in [5.74, 6) is 0. The zero-order valence-electron chi connectivity index (χ0n) is 13.0. The lowest BCUT2D eigenvalue weighted by Crippen LogP contribution is -2.09. The molecule has 0 radical (unpaired) electrons. The molecule has 0 saturated heterocycles. The Balaban J connectivity index is 0.000000686. The maximum Gasteiger partial charge on any atom is -0.00302 e. The van der Waals surface area contributed by atoms with Gasteiger partial charge >= 0.3 is 0 Å². The van der Waals surface area contributed by atoms with Crippen molar-refractivity contribution in [2.45, 2.75) is 55.4 Å². The normalized spacial score (nSPS) is 10.9. The van der Waals surface area contributed by atoms with Crippen LogP contribution >= 0.6 is 0 Å². The van der Waals surface area contributed by atoms with Crippen LogP contribution in [0.15, 0.2) is 42.5 Å². The summed E-state index contributed by atoms with van der Waals surface area (Å²) in [5.41, 5.74) is 1.52. The second-order valence-corrected chi connectivity index (χ2v) is 4.58. The van der Waals surface area contributed by atoms with Gasteiger partial charge in [0.25, 0.3) is 0 Å². The van der Waals surface area contributed by atoms with Gasteiger partial charge in [-0.25, -0.2) is 0 Å². The van der Waals surface area contributed by atoms with Gasteiger partial charge in [0.2, 0.25) is 0 Å². The van der Waals surface area contributed by atoms with E-state index in [9.17, 15) is 0 Å². The molecule has 3 aromatic rings. The van der Waals surface area contributed by atoms with Gasteiger partial charge in [-0.2, -0.15) is 0 Å². The molecule has 120 valence electrons. The standard InChI is InChI=1S/C16H12.2C2H6.2CH4/c1-3-11-7-9-13-5-2-6-14-10-8-12(4-1)15(11)16(13)14;2*1-2;;/h1,3-5,7-10H,2,6H2;2*1-2H3;2*1H4. The monoisotopic (exact) mass is 296 g/mol. The summed E-state index contributed by atoms with van der Waals surface area (Å²) in [6.07, 6.45) is 4.74. The van der Waals surface area contributed by atoms with Crippen molar-refractivity contribution in [1.29, 1.82) is 0 Å². The summed E-state index contributed by atoms with van der Waals surface area (Å²) in [7, 11) is 0. The zero-order valence-corrected chi connectivity index (χ0v) is 13.0. The molecule has 1 aliphatic carbocycles. The van der Waals surface area contributed by atoms with E-state index in [1.807, 2.05) is 27.7 Å². The Morgan fingerprint density at radius 2 is 1.27 bits per heavy atom. The van der Waals surface area contributed by atoms with E-state index in [-0.39, 0.29) is 14.9 Å². The predicted molar refractivity (Wildman–Crippen MR) is 106 cm³/mol. The minimum atomic E-state index is 0. The Hall–Kier alpha value is -1.82. The van der Waals surface area contributed by atoms with E-state index in [0.29, 0.717) is 0 Å². The van der Waals surface area contributed by atoms with Gasteiger partial charge in [-0.05, 0) is 45.2 Å². The first kappa shape index (κ1) is 20.2. The molecule has 0 unspecified atom stereocenters. The summed E-state index contributed by atoms with van der Waals surface area (Å²) in [6, 6.07) is 15.6. The maximum absolute atomic E-state index is 2.37. The van der Waals surface area contributed by atoms with Gasteiger partial charge in [-0.1, -0.05) is 91.1 Å². The van der Waals surface area contributed by atoms with Crippen molar-refractivity contribution in [2.75, 3.05) is 0 Å². The van der Waals surface area contributed by atoms with E-state index in [2.05, 4.69) is 48.5 Å². The molecule has 0 N–H and O–H groups in total. The molecule has 0 bridgehead atoms. The fraction of sp³-hybridized carbons (Fsp3) is 0.364. The molecule has 22 heavy (non-hydrogen) atoms. The van der Waals surface area contributed by atoms with Gasteiger partial charge < -0.3 is 0 Å². The Morgan fingerprint density at radius 3 is 1.91 bits per heavy atom. The second kappa shape index (κ2) is 9.25. The van der Waals surface area contributed by atoms with Gasteiger partial charge in [0.1, 0.15) is 0 Å². The number of aryl methyl sites for hydroxylation is 1. The van der Waals surface area contributed by atoms with E-state index < -0.39 is 0 Å². The molecule has 0 spiro atoms. The lowest BCUT2D eigenvalue weighted by Gasteiger charge is -2.14. The average Bonchev–Trinajstić information content (AvgIpc) is 2.57. The van der Waals surface area contributed by atoms with Crippen LogP contribution in [-0.2, 0) is 6.42 Å². The highest BCUT2D eigenvalue weighted by Crippen LogP contribution is 2.29. The van der Waals surface area contributed by atoms with Gasteiger partial charge in [0.15, 0.2) is 0 Å². The van der Waals surface area contributed by atoms with Crippen molar-refractivity contribution in [3.8, 4) is 0 Å². The highest BCUT2D eigenvalue weighted by molar-refractivity contribution is 6.11. The fourth-order valence-electron chi connectivity index (χ4n) is 2.94. The third-order valence-corrected chi connectivity index (χ3v) is 3.67. The summed E-state index contributed by atoms with van der Waals surface area (Å²) in [5, 5.41) is 7.10. The molecule has 0 amide bonds. The lowest BCUT2D eigenvalue weighted by molar-refractivity contribution is 1.04. The molecule has 0 atom stereocenters. The van der Waals surface area contributed by atoms with E-state index >= 15 is 0 Å². The summed E-state index contributed by atoms with van der Waals surface area (Å²) in [6.45, 7) is 8.00. The Morgan fingerprint density at radius 1 is 0.682 bits per heavy atom. The largest absolute Gasteiger partial charge is 0.0776 e. The average molecular weight is 296 g/mol. The van der Waals surface area contributed by atoms with Crippen molar-refractivity contribution in [1.82, 2.24) is 0 Å². The molecule has 3 aromatic carbocycles. The van der Waals surface area contributed by atoms with Crippen LogP contribution in [0.2, 0.25) is 0 Å². The van der Waals surface area contributed by atoms with Crippen molar-refractivity contribution < 1.29 is 0 Å². The van der Waals surface area contributed by atoms with Gasteiger partial charge in [0, 0.05) is 0 Å². The van der Waals surface area contributed by atoms with Crippen LogP contribution in [0.4, 0.5) is 0 Å². The molecule has 0 saturated carbocycles. The van der Waals surface area contributed by atoms with E-state index in [4.69, 9.17) is 0 Å². The van der Waals surface area contributed by atoms with Crippen LogP contribution in [0.25, 0.3) is 27.6 Å². The summed E-state index contributed by atoms with van der Waals surface area (Å²) in [4.78, 5) is 0. The van der Waals surface area contributed by atoms with Gasteiger partial charge in [-0.15, -0.1) is 0 Å². The Bertz CT molecular complexity index is 735. The van der Waals surface area contributed by atoms with Crippen molar-refractivity contribution in [3.63, 3.8) is 0 Å². The van der Waals surface area contributed by atoms with Crippen LogP contribution in [0.3, 0.4) is 0 Å². The first-order valence-electron chi connectivity index (χ1n) is 7.87. The molecule has 0 aromatic heterocycles. The summed E-state index contributed by atoms with van der Waals surface area (Å²) < 4.78 is 0. The van der Waals surface area contributed by atoms with Crippen LogP contribution in [0.5, 0.6) is 0 Å². The van der Waals surface area contributed by atoms with Crippen molar-refractivity contribution >= 4 is 27.6 Å². The Kier molecular flexibility index (Phi) is 8.48. The minimum absolute atomic E-state index is 0. The second-order valence-electron chi connectivity index (χ2n) is 4.58. The van der Waals surface area contributed by atoms with Crippen molar-refractivity contribution in [2.24, 2.45) is 0 Å². The van der Waals surface area contributed by atoms with Gasteiger partial charge in [0.05, 0.1) is 0 Å². The molecule has 0 heterocycles. The number of hydrogen-bond acceptors (Lipinski definition) is 0. The fourth-order valence-corrected chi connectivity index (χ4v) is 2.94. The number of benzene rings is 3. The SMILES string of the molecule is C.C.C1=c2ccc3cccc4ccc(c2c43)CC1.CC.CC. The zero-order chi connectivity index (χ0) is 14.5. The van der Waals surface area contributed by atoms with Crippen LogP contribution in [-0.4, -0.2) is 0 Å². The number of hydrogen-bond donors (Lipinski definition) is 0. The quantitative estimate of drug-likeness (QED) is 0.430. The minimum Gasteiger partial charge on any atom is -0.0776 e. The number of rotatable bonds is 0. The lowest BCUT2D eigenvalue weighted by atomic mass is 9.90. The van der Waals surface area contributed by atoms with Crippen molar-refractivity contribution in [3.05, 3.63) is 53.2 Å². The van der Waals surface area contributed by atoms with E-state index in [1.54, 1.807) is 0 Å². The van der Waals surface area contributed by atoms with Gasteiger partial charge in [-0.3, -0.25) is 0 Å². The molecule has 1 aliphatic rings. The molecule has 0 fully saturated rings. The summed E-state index contributed by atoms with van der Waals surface area (Å²) >= 11 is 0. The Labute approximate surface area is 136 Å². The predicted octanol–water partition coefficient (Wildman–Crippen LogP) is 6.76. The van der Waals surface area contributed by atoms with Crippen LogP contribution in [0, 0.1) is 0 Å². The molecule has 0 heteroatoms. The van der Waals surface area contributed by atoms with E-state index in [0.717, 1.165) is 0 Å². The topological polar surface area (TPSA) is 0 Å². The highest BCUT2D eigenvalue weighted by atomic mass is 14.1. The third kappa shape index (κ3) is 3.32. The maximum atomic E-state index is 2.37. The van der Waals surface area contributed by atoms with E-state index in [1.165, 1.54) is 45.2 Å². The molecular weight excluding hydrogens is 264 g/mol. The molecule has 0 aliphatic heterocycles. The first-order chi connectivity index (χ1) is 9.93.